The zero-order valence-electron chi connectivity index (χ0n) is 13.3. The third kappa shape index (κ3) is 8.53. The van der Waals surface area contributed by atoms with Crippen LogP contribution in [0.5, 0.6) is 0 Å². The van der Waals surface area contributed by atoms with Crippen molar-refractivity contribution in [3.8, 4) is 0 Å². The van der Waals surface area contributed by atoms with Gasteiger partial charge < -0.3 is 10.1 Å². The number of thioether (sulfide) groups is 1. The number of nitrogens with one attached hydrogen (secondary N) is 1. The fourth-order valence-electron chi connectivity index (χ4n) is 1.98. The fourth-order valence-corrected chi connectivity index (χ4v) is 3.23. The molecular weight excluding hydrogens is 258 g/mol. The molecule has 0 fully saturated rings. The molecule has 0 aromatic rings. The quantitative estimate of drug-likeness (QED) is 0.467. The number of esters is 1. The number of hydrogen-bond acceptors (Lipinski definition) is 4. The van der Waals surface area contributed by atoms with Crippen LogP contribution in [-0.2, 0) is 9.53 Å². The molecule has 0 aromatic carbocycles. The predicted molar refractivity (Wildman–Crippen MR) is 84.7 cm³/mol. The Kier molecular flexibility index (Phi) is 10.4. The maximum Gasteiger partial charge on any atom is 0.325 e. The average Bonchev–Trinajstić information content (AvgIpc) is 2.36. The van der Waals surface area contributed by atoms with E-state index in [0.717, 1.165) is 25.3 Å². The molecule has 3 nitrogen and oxygen atoms in total. The summed E-state index contributed by atoms with van der Waals surface area (Å²) in [4.78, 5) is 11.8. The third-order valence-electron chi connectivity index (χ3n) is 3.26. The Morgan fingerprint density at radius 3 is 2.53 bits per heavy atom. The molecule has 0 saturated heterocycles. The van der Waals surface area contributed by atoms with Gasteiger partial charge in [-0.15, -0.1) is 0 Å². The number of likely N-dealkylation sites (N-methyl/N-ethyl adjacent to an activating group) is 1. The molecule has 19 heavy (non-hydrogen) atoms. The Hall–Kier alpha value is -0.220. The number of methoxy groups -OCH3 is 1. The lowest BCUT2D eigenvalue weighted by atomic mass is 9.95. The zero-order valence-corrected chi connectivity index (χ0v) is 14.1. The Bertz CT molecular complexity index is 246. The minimum absolute atomic E-state index is 0.151. The van der Waals surface area contributed by atoms with Crippen molar-refractivity contribution in [2.45, 2.75) is 58.9 Å². The van der Waals surface area contributed by atoms with E-state index < -0.39 is 5.54 Å². The lowest BCUT2D eigenvalue weighted by molar-refractivity contribution is -0.148. The minimum atomic E-state index is -0.522. The second-order valence-electron chi connectivity index (χ2n) is 5.61. The molecule has 0 saturated carbocycles. The van der Waals surface area contributed by atoms with Crippen LogP contribution in [0.15, 0.2) is 0 Å². The second kappa shape index (κ2) is 10.6. The molecule has 0 aliphatic carbocycles. The number of ether oxygens (including phenoxy) is 1. The van der Waals surface area contributed by atoms with Crippen LogP contribution in [0.2, 0.25) is 0 Å². The van der Waals surface area contributed by atoms with Crippen molar-refractivity contribution in [1.82, 2.24) is 5.32 Å². The van der Waals surface area contributed by atoms with Crippen molar-refractivity contribution in [3.63, 3.8) is 0 Å². The van der Waals surface area contributed by atoms with Gasteiger partial charge in [-0.3, -0.25) is 4.79 Å². The topological polar surface area (TPSA) is 38.3 Å². The first-order valence-corrected chi connectivity index (χ1v) is 8.53. The SMILES string of the molecule is CCNC(C)(CCCCSCCC(C)C)C(=O)OC. The van der Waals surface area contributed by atoms with Gasteiger partial charge in [0.1, 0.15) is 5.54 Å². The molecule has 0 radical (unpaired) electrons. The molecule has 0 spiro atoms. The van der Waals surface area contributed by atoms with Gasteiger partial charge in [-0.05, 0) is 50.2 Å². The molecule has 0 amide bonds. The van der Waals surface area contributed by atoms with Crippen LogP contribution >= 0.6 is 11.8 Å². The molecule has 0 rings (SSSR count). The van der Waals surface area contributed by atoms with E-state index in [-0.39, 0.29) is 5.97 Å². The summed E-state index contributed by atoms with van der Waals surface area (Å²) in [7, 11) is 1.46. The highest BCUT2D eigenvalue weighted by Gasteiger charge is 2.32. The number of unbranched alkanes of at least 4 members (excludes halogenated alkanes) is 1. The van der Waals surface area contributed by atoms with Crippen LogP contribution in [0.25, 0.3) is 0 Å². The zero-order chi connectivity index (χ0) is 14.7. The van der Waals surface area contributed by atoms with E-state index >= 15 is 0 Å². The summed E-state index contributed by atoms with van der Waals surface area (Å²) in [6.07, 6.45) is 4.37. The van der Waals surface area contributed by atoms with Crippen LogP contribution in [0.4, 0.5) is 0 Å². The highest BCUT2D eigenvalue weighted by molar-refractivity contribution is 7.99. The van der Waals surface area contributed by atoms with Gasteiger partial charge in [-0.25, -0.2) is 0 Å². The smallest absolute Gasteiger partial charge is 0.325 e. The Morgan fingerprint density at radius 2 is 2.00 bits per heavy atom. The van der Waals surface area contributed by atoms with Gasteiger partial charge in [0, 0.05) is 0 Å². The van der Waals surface area contributed by atoms with Gasteiger partial charge in [-0.1, -0.05) is 27.2 Å². The Balaban J connectivity index is 3.79. The summed E-state index contributed by atoms with van der Waals surface area (Å²) in [5, 5.41) is 3.25. The molecule has 0 aliphatic heterocycles. The summed E-state index contributed by atoms with van der Waals surface area (Å²) in [6.45, 7) is 9.27. The number of carbonyl (C=O) groups excluding carboxylic acids is 1. The molecular formula is C15H31NO2S. The van der Waals surface area contributed by atoms with E-state index in [4.69, 9.17) is 4.74 Å². The van der Waals surface area contributed by atoms with Gasteiger partial charge in [-0.2, -0.15) is 11.8 Å². The van der Waals surface area contributed by atoms with Gasteiger partial charge in [0.25, 0.3) is 0 Å². The van der Waals surface area contributed by atoms with Gasteiger partial charge in [0.15, 0.2) is 0 Å². The standard InChI is InChI=1S/C15H31NO2S/c1-6-16-15(4,14(17)18-5)10-7-8-11-19-12-9-13(2)3/h13,16H,6-12H2,1-5H3. The van der Waals surface area contributed by atoms with Crippen LogP contribution in [0.3, 0.4) is 0 Å². The van der Waals surface area contributed by atoms with Crippen LogP contribution < -0.4 is 5.32 Å². The monoisotopic (exact) mass is 289 g/mol. The molecule has 114 valence electrons. The first-order chi connectivity index (χ1) is 8.96. The molecule has 4 heteroatoms. The lowest BCUT2D eigenvalue weighted by Gasteiger charge is -2.27. The molecule has 1 unspecified atom stereocenters. The Morgan fingerprint density at radius 1 is 1.32 bits per heavy atom. The number of hydrogen-bond donors (Lipinski definition) is 1. The highest BCUT2D eigenvalue weighted by atomic mass is 32.2. The lowest BCUT2D eigenvalue weighted by Crippen LogP contribution is -2.50. The van der Waals surface area contributed by atoms with Crippen molar-refractivity contribution in [2.75, 3.05) is 25.2 Å². The van der Waals surface area contributed by atoms with E-state index in [9.17, 15) is 4.79 Å². The number of carbonyl (C=O) groups is 1. The summed E-state index contributed by atoms with van der Waals surface area (Å²) in [6, 6.07) is 0. The van der Waals surface area contributed by atoms with E-state index in [1.807, 2.05) is 25.6 Å². The molecule has 1 atom stereocenters. The highest BCUT2D eigenvalue weighted by Crippen LogP contribution is 2.18. The minimum Gasteiger partial charge on any atom is -0.468 e. The second-order valence-corrected chi connectivity index (χ2v) is 6.83. The summed E-state index contributed by atoms with van der Waals surface area (Å²) in [5.74, 6) is 3.08. The first kappa shape index (κ1) is 18.8. The molecule has 1 N–H and O–H groups in total. The average molecular weight is 289 g/mol. The largest absolute Gasteiger partial charge is 0.468 e. The maximum atomic E-state index is 11.8. The van der Waals surface area contributed by atoms with Crippen molar-refractivity contribution >= 4 is 17.7 Å². The summed E-state index contributed by atoms with van der Waals surface area (Å²) >= 11 is 2.02. The van der Waals surface area contributed by atoms with Gasteiger partial charge in [0.2, 0.25) is 0 Å². The summed E-state index contributed by atoms with van der Waals surface area (Å²) in [5.41, 5.74) is -0.522. The molecule has 0 aliphatic rings. The number of rotatable bonds is 11. The van der Waals surface area contributed by atoms with Crippen LogP contribution in [0.1, 0.15) is 53.4 Å². The summed E-state index contributed by atoms with van der Waals surface area (Å²) < 4.78 is 4.88. The van der Waals surface area contributed by atoms with Crippen LogP contribution in [0, 0.1) is 5.92 Å². The van der Waals surface area contributed by atoms with Crippen molar-refractivity contribution in [3.05, 3.63) is 0 Å². The van der Waals surface area contributed by atoms with Gasteiger partial charge >= 0.3 is 5.97 Å². The maximum absolute atomic E-state index is 11.8. The van der Waals surface area contributed by atoms with E-state index in [1.165, 1.54) is 31.5 Å². The van der Waals surface area contributed by atoms with E-state index in [2.05, 4.69) is 19.2 Å². The molecule has 0 heterocycles. The Labute approximate surface area is 123 Å². The van der Waals surface area contributed by atoms with Gasteiger partial charge in [0.05, 0.1) is 7.11 Å². The van der Waals surface area contributed by atoms with E-state index in [1.54, 1.807) is 0 Å². The van der Waals surface area contributed by atoms with E-state index in [0.29, 0.717) is 0 Å². The van der Waals surface area contributed by atoms with Crippen LogP contribution in [-0.4, -0.2) is 36.7 Å². The first-order valence-electron chi connectivity index (χ1n) is 7.37. The normalized spacial score (nSPS) is 14.4. The third-order valence-corrected chi connectivity index (χ3v) is 4.36. The van der Waals surface area contributed by atoms with Crippen molar-refractivity contribution < 1.29 is 9.53 Å². The van der Waals surface area contributed by atoms with Crippen molar-refractivity contribution in [1.29, 1.82) is 0 Å². The molecule has 0 bridgehead atoms. The fraction of sp³-hybridized carbons (Fsp3) is 0.933. The predicted octanol–water partition coefficient (Wildman–Crippen LogP) is 3.48. The van der Waals surface area contributed by atoms with Crippen molar-refractivity contribution in [2.24, 2.45) is 5.92 Å². The molecule has 0 aromatic heterocycles.